The van der Waals surface area contributed by atoms with Crippen molar-refractivity contribution in [2.24, 2.45) is 0 Å². The molecule has 2 N–H and O–H groups in total. The first-order valence-electron chi connectivity index (χ1n) is 7.94. The molecule has 1 heterocycles. The van der Waals surface area contributed by atoms with Crippen molar-refractivity contribution in [3.63, 3.8) is 0 Å². The molecule has 2 rings (SSSR count). The van der Waals surface area contributed by atoms with Crippen molar-refractivity contribution < 1.29 is 14.3 Å². The molecule has 25 heavy (non-hydrogen) atoms. The molecule has 1 aromatic carbocycles. The zero-order chi connectivity index (χ0) is 18.2. The summed E-state index contributed by atoms with van der Waals surface area (Å²) in [5.74, 6) is -0.206. The monoisotopic (exact) mass is 339 g/mol. The van der Waals surface area contributed by atoms with Crippen molar-refractivity contribution in [1.82, 2.24) is 10.3 Å². The minimum absolute atomic E-state index is 0.0203. The fraction of sp³-hybridized carbons (Fsp3) is 0.211. The lowest BCUT2D eigenvalue weighted by Crippen LogP contribution is -2.25. The molecule has 6 heteroatoms. The van der Waals surface area contributed by atoms with Gasteiger partial charge in [-0.3, -0.25) is 9.59 Å². The average molecular weight is 339 g/mol. The molecule has 6 nitrogen and oxygen atoms in total. The number of benzene rings is 1. The van der Waals surface area contributed by atoms with Crippen LogP contribution in [-0.4, -0.2) is 29.4 Å². The summed E-state index contributed by atoms with van der Waals surface area (Å²) in [4.78, 5) is 28.5. The van der Waals surface area contributed by atoms with E-state index in [1.807, 2.05) is 19.9 Å². The van der Waals surface area contributed by atoms with Crippen LogP contribution in [0.15, 0.2) is 55.1 Å². The number of aromatic nitrogens is 1. The molecule has 0 unspecified atom stereocenters. The van der Waals surface area contributed by atoms with Gasteiger partial charge in [0.15, 0.2) is 0 Å². The minimum atomic E-state index is -0.418. The molecule has 2 aromatic rings. The normalized spacial score (nSPS) is 10.2. The van der Waals surface area contributed by atoms with E-state index in [1.165, 1.54) is 0 Å². The molecule has 0 fully saturated rings. The highest BCUT2D eigenvalue weighted by molar-refractivity contribution is 6.04. The molecule has 2 amide bonds. The maximum atomic E-state index is 12.5. The summed E-state index contributed by atoms with van der Waals surface area (Å²) in [5.41, 5.74) is 0.858. The largest absolute Gasteiger partial charge is 0.489 e. The van der Waals surface area contributed by atoms with Gasteiger partial charge in [0.25, 0.3) is 11.8 Å². The number of carbonyl (C=O) groups excluding carboxylic acids is 2. The van der Waals surface area contributed by atoms with Crippen molar-refractivity contribution in [2.75, 3.05) is 11.9 Å². The van der Waals surface area contributed by atoms with E-state index in [9.17, 15) is 9.59 Å². The lowest BCUT2D eigenvalue weighted by molar-refractivity contribution is 0.0953. The molecule has 130 valence electrons. The molecular weight excluding hydrogens is 318 g/mol. The van der Waals surface area contributed by atoms with Gasteiger partial charge in [0.2, 0.25) is 0 Å². The van der Waals surface area contributed by atoms with Crippen LogP contribution in [0.25, 0.3) is 0 Å². The van der Waals surface area contributed by atoms with E-state index >= 15 is 0 Å². The molecule has 0 spiro atoms. The molecule has 1 aromatic heterocycles. The van der Waals surface area contributed by atoms with Crippen molar-refractivity contribution in [3.8, 4) is 5.75 Å². The zero-order valence-corrected chi connectivity index (χ0v) is 14.3. The predicted octanol–water partition coefficient (Wildman–Crippen LogP) is 3.04. The van der Waals surface area contributed by atoms with Gasteiger partial charge in [-0.15, -0.1) is 6.58 Å². The van der Waals surface area contributed by atoms with E-state index in [-0.39, 0.29) is 23.4 Å². The van der Waals surface area contributed by atoms with Gasteiger partial charge in [0, 0.05) is 6.54 Å². The van der Waals surface area contributed by atoms with Crippen LogP contribution in [0, 0.1) is 0 Å². The zero-order valence-electron chi connectivity index (χ0n) is 14.3. The van der Waals surface area contributed by atoms with E-state index in [0.29, 0.717) is 18.0 Å². The first-order valence-corrected chi connectivity index (χ1v) is 7.94. The van der Waals surface area contributed by atoms with Gasteiger partial charge < -0.3 is 15.4 Å². The molecular formula is C19H21N3O3. The third-order valence-corrected chi connectivity index (χ3v) is 3.12. The smallest absolute Gasteiger partial charge is 0.274 e. The summed E-state index contributed by atoms with van der Waals surface area (Å²) in [6.45, 7) is 7.68. The molecule has 0 saturated carbocycles. The summed E-state index contributed by atoms with van der Waals surface area (Å²) in [6.07, 6.45) is 1.55. The quantitative estimate of drug-likeness (QED) is 0.760. The Hall–Kier alpha value is -3.15. The summed E-state index contributed by atoms with van der Waals surface area (Å²) < 4.78 is 5.68. The molecule has 0 bridgehead atoms. The van der Waals surface area contributed by atoms with Crippen molar-refractivity contribution >= 4 is 17.5 Å². The Morgan fingerprint density at radius 2 is 1.80 bits per heavy atom. The van der Waals surface area contributed by atoms with Gasteiger partial charge >= 0.3 is 0 Å². The molecule has 0 aliphatic carbocycles. The topological polar surface area (TPSA) is 80.3 Å². The van der Waals surface area contributed by atoms with Crippen LogP contribution in [0.4, 0.5) is 5.69 Å². The maximum absolute atomic E-state index is 12.5. The Bertz CT molecular complexity index is 772. The number of pyridine rings is 1. The van der Waals surface area contributed by atoms with Crippen molar-refractivity contribution in [3.05, 3.63) is 66.5 Å². The number of amides is 2. The SMILES string of the molecule is C=CCNC(=O)c1cccc(C(=O)Nc2ccccc2OC(C)C)n1. The second kappa shape index (κ2) is 8.63. The Balaban J connectivity index is 2.16. The molecule has 0 radical (unpaired) electrons. The van der Waals surface area contributed by atoms with Crippen LogP contribution < -0.4 is 15.4 Å². The van der Waals surface area contributed by atoms with Crippen LogP contribution in [0.5, 0.6) is 5.75 Å². The highest BCUT2D eigenvalue weighted by atomic mass is 16.5. The number of carbonyl (C=O) groups is 2. The number of hydrogen-bond donors (Lipinski definition) is 2. The third kappa shape index (κ3) is 5.17. The van der Waals surface area contributed by atoms with Crippen LogP contribution in [-0.2, 0) is 0 Å². The highest BCUT2D eigenvalue weighted by Gasteiger charge is 2.14. The summed E-state index contributed by atoms with van der Waals surface area (Å²) in [6, 6.07) is 11.9. The molecule has 0 aliphatic rings. The first kappa shape index (κ1) is 18.2. The van der Waals surface area contributed by atoms with Gasteiger partial charge in [-0.2, -0.15) is 0 Å². The summed E-state index contributed by atoms with van der Waals surface area (Å²) in [7, 11) is 0. The van der Waals surface area contributed by atoms with Crippen LogP contribution in [0.2, 0.25) is 0 Å². The number of nitrogens with zero attached hydrogens (tertiary/aromatic N) is 1. The van der Waals surface area contributed by atoms with E-state index in [1.54, 1.807) is 42.5 Å². The second-order valence-electron chi connectivity index (χ2n) is 5.52. The fourth-order valence-electron chi connectivity index (χ4n) is 2.06. The van der Waals surface area contributed by atoms with Gasteiger partial charge in [-0.25, -0.2) is 4.98 Å². The van der Waals surface area contributed by atoms with Crippen LogP contribution in [0.1, 0.15) is 34.8 Å². The predicted molar refractivity (Wildman–Crippen MR) is 96.9 cm³/mol. The maximum Gasteiger partial charge on any atom is 0.274 e. The lowest BCUT2D eigenvalue weighted by atomic mass is 10.2. The van der Waals surface area contributed by atoms with Crippen molar-refractivity contribution in [1.29, 1.82) is 0 Å². The van der Waals surface area contributed by atoms with Gasteiger partial charge in [-0.1, -0.05) is 24.3 Å². The first-order chi connectivity index (χ1) is 12.0. The Morgan fingerprint density at radius 3 is 2.48 bits per heavy atom. The number of hydrogen-bond acceptors (Lipinski definition) is 4. The Morgan fingerprint density at radius 1 is 1.12 bits per heavy atom. The standard InChI is InChI=1S/C19H21N3O3/c1-4-12-20-18(23)15-9-7-10-16(21-15)19(24)22-14-8-5-6-11-17(14)25-13(2)3/h4-11,13H,1,12H2,2-3H3,(H,20,23)(H,22,24). The number of para-hydroxylation sites is 2. The van der Waals surface area contributed by atoms with E-state index in [2.05, 4.69) is 22.2 Å². The third-order valence-electron chi connectivity index (χ3n) is 3.12. The van der Waals surface area contributed by atoms with E-state index in [4.69, 9.17) is 4.74 Å². The lowest BCUT2D eigenvalue weighted by Gasteiger charge is -2.14. The van der Waals surface area contributed by atoms with Gasteiger partial charge in [0.1, 0.15) is 17.1 Å². The number of ether oxygens (including phenoxy) is 1. The minimum Gasteiger partial charge on any atom is -0.489 e. The molecule has 0 saturated heterocycles. The average Bonchev–Trinajstić information content (AvgIpc) is 2.61. The Kier molecular flexibility index (Phi) is 6.28. The summed E-state index contributed by atoms with van der Waals surface area (Å²) in [5, 5.41) is 5.39. The number of anilines is 1. The molecule has 0 aliphatic heterocycles. The number of nitrogens with one attached hydrogen (secondary N) is 2. The van der Waals surface area contributed by atoms with E-state index < -0.39 is 5.91 Å². The van der Waals surface area contributed by atoms with Crippen LogP contribution in [0.3, 0.4) is 0 Å². The van der Waals surface area contributed by atoms with Crippen molar-refractivity contribution in [2.45, 2.75) is 20.0 Å². The highest BCUT2D eigenvalue weighted by Crippen LogP contribution is 2.25. The van der Waals surface area contributed by atoms with Gasteiger partial charge in [0.05, 0.1) is 11.8 Å². The Labute approximate surface area is 146 Å². The van der Waals surface area contributed by atoms with E-state index in [0.717, 1.165) is 0 Å². The van der Waals surface area contributed by atoms with Crippen LogP contribution >= 0.6 is 0 Å². The number of rotatable bonds is 7. The summed E-state index contributed by atoms with van der Waals surface area (Å²) >= 11 is 0. The second-order valence-corrected chi connectivity index (χ2v) is 5.52. The molecule has 0 atom stereocenters. The van der Waals surface area contributed by atoms with Gasteiger partial charge in [-0.05, 0) is 38.1 Å². The fourth-order valence-corrected chi connectivity index (χ4v) is 2.06.